The highest BCUT2D eigenvalue weighted by Crippen LogP contribution is 2.16. The average molecular weight is 340 g/mol. The molecule has 0 spiro atoms. The number of benzene rings is 1. The fourth-order valence-electron chi connectivity index (χ4n) is 2.58. The number of rotatable bonds is 5. The van der Waals surface area contributed by atoms with Crippen molar-refractivity contribution in [2.24, 2.45) is 4.99 Å². The van der Waals surface area contributed by atoms with Crippen molar-refractivity contribution in [1.29, 1.82) is 0 Å². The molecule has 1 aromatic carbocycles. The van der Waals surface area contributed by atoms with Gasteiger partial charge in [-0.1, -0.05) is 18.2 Å². The third kappa shape index (κ3) is 3.88. The summed E-state index contributed by atoms with van der Waals surface area (Å²) < 4.78 is 5.29. The summed E-state index contributed by atoms with van der Waals surface area (Å²) in [4.78, 5) is 29.0. The van der Waals surface area contributed by atoms with E-state index in [0.717, 1.165) is 5.76 Å². The number of amidine groups is 1. The van der Waals surface area contributed by atoms with Gasteiger partial charge in [-0.3, -0.25) is 15.0 Å². The van der Waals surface area contributed by atoms with Gasteiger partial charge in [0.05, 0.1) is 12.0 Å². The molecule has 1 aliphatic rings. The maximum Gasteiger partial charge on any atom is 0.288 e. The fourth-order valence-corrected chi connectivity index (χ4v) is 2.58. The monoisotopic (exact) mass is 340 g/mol. The molecule has 0 radical (unpaired) electrons. The molecule has 7 nitrogen and oxygen atoms in total. The van der Waals surface area contributed by atoms with Crippen LogP contribution in [0.15, 0.2) is 58.1 Å². The van der Waals surface area contributed by atoms with E-state index in [1.165, 1.54) is 5.01 Å². The molecule has 2 heterocycles. The minimum atomic E-state index is -0.636. The molecular weight excluding hydrogens is 320 g/mol. The van der Waals surface area contributed by atoms with Crippen molar-refractivity contribution >= 4 is 23.3 Å². The highest BCUT2D eigenvalue weighted by Gasteiger charge is 2.31. The van der Waals surface area contributed by atoms with E-state index in [9.17, 15) is 9.59 Å². The SMILES string of the molecule is C[C@H](Cc1ccco1)NC(=O)C1=N[C@@H](C)C(=O)N(c2ccccc2)N1. The van der Waals surface area contributed by atoms with Gasteiger partial charge in [0.15, 0.2) is 0 Å². The summed E-state index contributed by atoms with van der Waals surface area (Å²) in [7, 11) is 0. The Kier molecular flexibility index (Phi) is 4.83. The predicted octanol–water partition coefficient (Wildman–Crippen LogP) is 1.67. The number of anilines is 1. The second-order valence-corrected chi connectivity index (χ2v) is 5.93. The van der Waals surface area contributed by atoms with Crippen LogP contribution in [0.25, 0.3) is 0 Å². The molecule has 130 valence electrons. The average Bonchev–Trinajstić information content (AvgIpc) is 3.10. The molecule has 2 aromatic rings. The summed E-state index contributed by atoms with van der Waals surface area (Å²) in [5.41, 5.74) is 3.47. The van der Waals surface area contributed by atoms with E-state index < -0.39 is 6.04 Å². The molecule has 0 saturated carbocycles. The third-order valence-electron chi connectivity index (χ3n) is 3.81. The van der Waals surface area contributed by atoms with Gasteiger partial charge < -0.3 is 9.73 Å². The van der Waals surface area contributed by atoms with Gasteiger partial charge in [-0.25, -0.2) is 10.0 Å². The van der Waals surface area contributed by atoms with Gasteiger partial charge >= 0.3 is 0 Å². The number of para-hydroxylation sites is 1. The van der Waals surface area contributed by atoms with Gasteiger partial charge in [0.25, 0.3) is 11.8 Å². The first kappa shape index (κ1) is 16.8. The topological polar surface area (TPSA) is 86.9 Å². The second-order valence-electron chi connectivity index (χ2n) is 5.93. The van der Waals surface area contributed by atoms with Crippen LogP contribution < -0.4 is 15.8 Å². The lowest BCUT2D eigenvalue weighted by Crippen LogP contribution is -2.58. The fraction of sp³-hybridized carbons (Fsp3) is 0.278. The van der Waals surface area contributed by atoms with E-state index >= 15 is 0 Å². The van der Waals surface area contributed by atoms with Crippen LogP contribution in [-0.2, 0) is 16.0 Å². The molecule has 2 atom stereocenters. The van der Waals surface area contributed by atoms with Crippen molar-refractivity contribution in [3.8, 4) is 0 Å². The van der Waals surface area contributed by atoms with E-state index in [4.69, 9.17) is 4.42 Å². The Morgan fingerprint density at radius 2 is 2.08 bits per heavy atom. The Morgan fingerprint density at radius 1 is 1.32 bits per heavy atom. The standard InChI is InChI=1S/C18H20N4O3/c1-12(11-15-9-6-10-25-15)19-17(23)16-20-13(2)18(24)22(21-16)14-7-4-3-5-8-14/h3-10,12-13H,11H2,1-2H3,(H,19,23)(H,20,21)/t12-,13+/m1/s1. The van der Waals surface area contributed by atoms with Crippen LogP contribution in [0, 0.1) is 0 Å². The highest BCUT2D eigenvalue weighted by atomic mass is 16.3. The smallest absolute Gasteiger partial charge is 0.288 e. The number of carbonyl (C=O) groups excluding carboxylic acids is 2. The predicted molar refractivity (Wildman–Crippen MR) is 94.0 cm³/mol. The summed E-state index contributed by atoms with van der Waals surface area (Å²) in [5.74, 6) is 0.328. The first-order valence-electron chi connectivity index (χ1n) is 8.11. The Hall–Kier alpha value is -3.09. The molecule has 0 saturated heterocycles. The molecule has 1 aromatic heterocycles. The Balaban J connectivity index is 1.69. The minimum Gasteiger partial charge on any atom is -0.469 e. The molecule has 25 heavy (non-hydrogen) atoms. The van der Waals surface area contributed by atoms with Gasteiger partial charge in [-0.2, -0.15) is 0 Å². The van der Waals surface area contributed by atoms with E-state index in [1.54, 1.807) is 25.3 Å². The Morgan fingerprint density at radius 3 is 2.76 bits per heavy atom. The van der Waals surface area contributed by atoms with E-state index in [-0.39, 0.29) is 23.7 Å². The third-order valence-corrected chi connectivity index (χ3v) is 3.81. The molecule has 0 fully saturated rings. The first-order chi connectivity index (χ1) is 12.0. The number of nitrogens with zero attached hydrogens (tertiary/aromatic N) is 2. The molecule has 0 unspecified atom stereocenters. The van der Waals surface area contributed by atoms with E-state index in [2.05, 4.69) is 15.7 Å². The van der Waals surface area contributed by atoms with Crippen LogP contribution >= 0.6 is 0 Å². The normalized spacial score (nSPS) is 18.3. The van der Waals surface area contributed by atoms with Crippen molar-refractivity contribution in [3.63, 3.8) is 0 Å². The zero-order valence-corrected chi connectivity index (χ0v) is 14.1. The quantitative estimate of drug-likeness (QED) is 0.867. The van der Waals surface area contributed by atoms with Crippen LogP contribution in [0.5, 0.6) is 0 Å². The molecule has 0 aliphatic carbocycles. The molecule has 7 heteroatoms. The lowest BCUT2D eigenvalue weighted by atomic mass is 10.2. The van der Waals surface area contributed by atoms with Crippen LogP contribution in [0.4, 0.5) is 5.69 Å². The number of nitrogens with one attached hydrogen (secondary N) is 2. The zero-order valence-electron chi connectivity index (χ0n) is 14.1. The van der Waals surface area contributed by atoms with Gasteiger partial charge in [-0.05, 0) is 38.1 Å². The molecule has 2 N–H and O–H groups in total. The van der Waals surface area contributed by atoms with Crippen molar-refractivity contribution in [2.45, 2.75) is 32.4 Å². The minimum absolute atomic E-state index is 0.113. The molecule has 3 rings (SSSR count). The summed E-state index contributed by atoms with van der Waals surface area (Å²) in [5, 5.41) is 4.22. The van der Waals surface area contributed by atoms with Gasteiger partial charge in [-0.15, -0.1) is 0 Å². The van der Waals surface area contributed by atoms with Crippen molar-refractivity contribution in [2.75, 3.05) is 5.01 Å². The van der Waals surface area contributed by atoms with Crippen LogP contribution in [0.2, 0.25) is 0 Å². The number of hydrazine groups is 1. The molecular formula is C18H20N4O3. The molecule has 1 aliphatic heterocycles. The Labute approximate surface area is 145 Å². The summed E-state index contributed by atoms with van der Waals surface area (Å²) in [6.07, 6.45) is 2.17. The van der Waals surface area contributed by atoms with Crippen LogP contribution in [0.3, 0.4) is 0 Å². The summed E-state index contributed by atoms with van der Waals surface area (Å²) >= 11 is 0. The van der Waals surface area contributed by atoms with Gasteiger partial charge in [0, 0.05) is 12.5 Å². The van der Waals surface area contributed by atoms with Crippen molar-refractivity contribution < 1.29 is 14.0 Å². The van der Waals surface area contributed by atoms with Gasteiger partial charge in [0.1, 0.15) is 11.8 Å². The number of amides is 2. The number of furan rings is 1. The highest BCUT2D eigenvalue weighted by molar-refractivity contribution is 6.39. The molecule has 0 bridgehead atoms. The summed E-state index contributed by atoms with van der Waals surface area (Å²) in [6, 6.07) is 12.0. The van der Waals surface area contributed by atoms with Gasteiger partial charge in [0.2, 0.25) is 5.84 Å². The van der Waals surface area contributed by atoms with E-state index in [1.807, 2.05) is 37.3 Å². The zero-order chi connectivity index (χ0) is 17.8. The Bertz CT molecular complexity index is 771. The maximum absolute atomic E-state index is 12.5. The second kappa shape index (κ2) is 7.21. The first-order valence-corrected chi connectivity index (χ1v) is 8.11. The number of aliphatic imine (C=N–C) groups is 1. The lowest BCUT2D eigenvalue weighted by Gasteiger charge is -2.30. The maximum atomic E-state index is 12.5. The van der Waals surface area contributed by atoms with Crippen molar-refractivity contribution in [3.05, 3.63) is 54.5 Å². The number of hydrogen-bond acceptors (Lipinski definition) is 5. The number of hydrogen-bond donors (Lipinski definition) is 2. The van der Waals surface area contributed by atoms with Crippen molar-refractivity contribution in [1.82, 2.24) is 10.7 Å². The lowest BCUT2D eigenvalue weighted by molar-refractivity contribution is -0.120. The largest absolute Gasteiger partial charge is 0.469 e. The van der Waals surface area contributed by atoms with E-state index in [0.29, 0.717) is 12.1 Å². The number of carbonyl (C=O) groups is 2. The summed E-state index contributed by atoms with van der Waals surface area (Å²) in [6.45, 7) is 3.55. The van der Waals surface area contributed by atoms with Crippen LogP contribution in [0.1, 0.15) is 19.6 Å². The molecule has 2 amide bonds. The van der Waals surface area contributed by atoms with Crippen LogP contribution in [-0.4, -0.2) is 29.7 Å².